The van der Waals surface area contributed by atoms with Crippen molar-refractivity contribution < 1.29 is 9.59 Å². The Balaban J connectivity index is 2.46. The summed E-state index contributed by atoms with van der Waals surface area (Å²) in [5, 5.41) is 2.63. The zero-order valence-corrected chi connectivity index (χ0v) is 12.2. The number of likely N-dealkylation sites (N-methyl/N-ethyl adjacent to an activating group) is 1. The Kier molecular flexibility index (Phi) is 5.95. The monoisotopic (exact) mass is 273 g/mol. The molecule has 0 aromatic heterocycles. The van der Waals surface area contributed by atoms with Crippen molar-refractivity contribution in [3.63, 3.8) is 0 Å². The second kappa shape index (κ2) is 6.99. The summed E-state index contributed by atoms with van der Waals surface area (Å²) in [5.41, 5.74) is 0. The van der Waals surface area contributed by atoms with Gasteiger partial charge in [-0.25, -0.2) is 0 Å². The standard InChI is InChI=1S/C12H23N3O2S/c1-9(16)13-11(8-18)12(17)15(3)7-10-4-5-14(2)6-10/h10-11,18H,4-8H2,1-3H3,(H,13,16). The van der Waals surface area contributed by atoms with E-state index in [9.17, 15) is 9.59 Å². The van der Waals surface area contributed by atoms with Crippen molar-refractivity contribution in [1.82, 2.24) is 15.1 Å². The molecule has 0 saturated carbocycles. The van der Waals surface area contributed by atoms with Crippen molar-refractivity contribution in [3.8, 4) is 0 Å². The van der Waals surface area contributed by atoms with Gasteiger partial charge in [0.25, 0.3) is 0 Å². The van der Waals surface area contributed by atoms with E-state index in [0.29, 0.717) is 11.7 Å². The van der Waals surface area contributed by atoms with E-state index in [1.165, 1.54) is 6.92 Å². The summed E-state index contributed by atoms with van der Waals surface area (Å²) in [4.78, 5) is 27.1. The molecule has 1 rings (SSSR count). The molecule has 1 heterocycles. The van der Waals surface area contributed by atoms with E-state index in [0.717, 1.165) is 26.1 Å². The van der Waals surface area contributed by atoms with Crippen LogP contribution in [0.15, 0.2) is 0 Å². The quantitative estimate of drug-likeness (QED) is 0.684. The van der Waals surface area contributed by atoms with E-state index < -0.39 is 6.04 Å². The van der Waals surface area contributed by atoms with Crippen LogP contribution < -0.4 is 5.32 Å². The second-order valence-corrected chi connectivity index (χ2v) is 5.44. The van der Waals surface area contributed by atoms with Gasteiger partial charge in [-0.3, -0.25) is 9.59 Å². The molecule has 0 radical (unpaired) electrons. The number of carbonyl (C=O) groups excluding carboxylic acids is 2. The predicted octanol–water partition coefficient (Wildman–Crippen LogP) is -0.169. The minimum absolute atomic E-state index is 0.0604. The molecular weight excluding hydrogens is 250 g/mol. The summed E-state index contributed by atoms with van der Waals surface area (Å²) in [5.74, 6) is 0.598. The first-order chi connectivity index (χ1) is 8.43. The maximum atomic E-state index is 12.1. The molecule has 1 aliphatic heterocycles. The third-order valence-corrected chi connectivity index (χ3v) is 3.62. The first-order valence-electron chi connectivity index (χ1n) is 6.25. The average molecular weight is 273 g/mol. The SMILES string of the molecule is CC(=O)NC(CS)C(=O)N(C)CC1CCN(C)C1. The van der Waals surface area contributed by atoms with Gasteiger partial charge < -0.3 is 15.1 Å². The lowest BCUT2D eigenvalue weighted by molar-refractivity contribution is -0.134. The van der Waals surface area contributed by atoms with E-state index in [4.69, 9.17) is 0 Å². The Hall–Kier alpha value is -0.750. The smallest absolute Gasteiger partial charge is 0.245 e. The highest BCUT2D eigenvalue weighted by Crippen LogP contribution is 2.15. The number of carbonyl (C=O) groups is 2. The zero-order chi connectivity index (χ0) is 13.7. The van der Waals surface area contributed by atoms with Crippen LogP contribution in [-0.2, 0) is 9.59 Å². The molecule has 2 unspecified atom stereocenters. The van der Waals surface area contributed by atoms with Gasteiger partial charge in [-0.2, -0.15) is 12.6 Å². The van der Waals surface area contributed by atoms with Crippen LogP contribution >= 0.6 is 12.6 Å². The molecular formula is C12H23N3O2S. The van der Waals surface area contributed by atoms with Gasteiger partial charge in [-0.15, -0.1) is 0 Å². The number of hydrogen-bond acceptors (Lipinski definition) is 4. The molecule has 6 heteroatoms. The van der Waals surface area contributed by atoms with Crippen LogP contribution in [0, 0.1) is 5.92 Å². The third kappa shape index (κ3) is 4.49. The van der Waals surface area contributed by atoms with Gasteiger partial charge in [0.15, 0.2) is 0 Å². The molecule has 18 heavy (non-hydrogen) atoms. The highest BCUT2D eigenvalue weighted by atomic mass is 32.1. The normalized spacial score (nSPS) is 21.7. The minimum Gasteiger partial charge on any atom is -0.344 e. The summed E-state index contributed by atoms with van der Waals surface area (Å²) in [7, 11) is 3.88. The van der Waals surface area contributed by atoms with E-state index in [1.807, 2.05) is 0 Å². The largest absolute Gasteiger partial charge is 0.344 e. The van der Waals surface area contributed by atoms with Crippen molar-refractivity contribution in [1.29, 1.82) is 0 Å². The number of nitrogens with one attached hydrogen (secondary N) is 1. The van der Waals surface area contributed by atoms with Crippen molar-refractivity contribution in [2.75, 3.05) is 39.5 Å². The highest BCUT2D eigenvalue weighted by molar-refractivity contribution is 7.80. The highest BCUT2D eigenvalue weighted by Gasteiger charge is 2.26. The van der Waals surface area contributed by atoms with Crippen LogP contribution in [0.1, 0.15) is 13.3 Å². The summed E-state index contributed by atoms with van der Waals surface area (Å²) >= 11 is 4.12. The van der Waals surface area contributed by atoms with Crippen molar-refractivity contribution >= 4 is 24.4 Å². The Morgan fingerprint density at radius 2 is 2.22 bits per heavy atom. The van der Waals surface area contributed by atoms with Crippen LogP contribution in [0.25, 0.3) is 0 Å². The van der Waals surface area contributed by atoms with Crippen LogP contribution in [0.2, 0.25) is 0 Å². The van der Waals surface area contributed by atoms with Gasteiger partial charge in [-0.1, -0.05) is 0 Å². The molecule has 1 aliphatic rings. The number of hydrogen-bond donors (Lipinski definition) is 2. The number of likely N-dealkylation sites (tertiary alicyclic amines) is 1. The summed E-state index contributed by atoms with van der Waals surface area (Å²) in [6.45, 7) is 4.28. The van der Waals surface area contributed by atoms with Gasteiger partial charge in [0.05, 0.1) is 0 Å². The summed E-state index contributed by atoms with van der Waals surface area (Å²) < 4.78 is 0. The van der Waals surface area contributed by atoms with E-state index in [-0.39, 0.29) is 11.8 Å². The number of rotatable bonds is 5. The number of thiol groups is 1. The third-order valence-electron chi connectivity index (χ3n) is 3.26. The van der Waals surface area contributed by atoms with Crippen molar-refractivity contribution in [2.45, 2.75) is 19.4 Å². The van der Waals surface area contributed by atoms with Gasteiger partial charge in [0.2, 0.25) is 11.8 Å². The molecule has 5 nitrogen and oxygen atoms in total. The molecule has 104 valence electrons. The molecule has 0 spiro atoms. The lowest BCUT2D eigenvalue weighted by atomic mass is 10.1. The second-order valence-electron chi connectivity index (χ2n) is 5.07. The lowest BCUT2D eigenvalue weighted by Gasteiger charge is -2.25. The number of amides is 2. The first kappa shape index (κ1) is 15.3. The molecule has 0 aromatic rings. The topological polar surface area (TPSA) is 52.7 Å². The Morgan fingerprint density at radius 1 is 1.56 bits per heavy atom. The van der Waals surface area contributed by atoms with Gasteiger partial charge >= 0.3 is 0 Å². The lowest BCUT2D eigenvalue weighted by Crippen LogP contribution is -2.49. The number of nitrogens with zero attached hydrogens (tertiary/aromatic N) is 2. The predicted molar refractivity (Wildman–Crippen MR) is 74.7 cm³/mol. The fourth-order valence-corrected chi connectivity index (χ4v) is 2.60. The van der Waals surface area contributed by atoms with Crippen LogP contribution in [0.4, 0.5) is 0 Å². The van der Waals surface area contributed by atoms with Gasteiger partial charge in [-0.05, 0) is 25.9 Å². The molecule has 0 aliphatic carbocycles. The van der Waals surface area contributed by atoms with Gasteiger partial charge in [0, 0.05) is 32.8 Å². The van der Waals surface area contributed by atoms with E-state index in [1.54, 1.807) is 11.9 Å². The van der Waals surface area contributed by atoms with E-state index in [2.05, 4.69) is 29.9 Å². The van der Waals surface area contributed by atoms with Crippen LogP contribution in [0.5, 0.6) is 0 Å². The molecule has 1 N–H and O–H groups in total. The molecule has 2 atom stereocenters. The zero-order valence-electron chi connectivity index (χ0n) is 11.3. The Labute approximate surface area is 114 Å². The maximum Gasteiger partial charge on any atom is 0.245 e. The molecule has 0 aromatic carbocycles. The average Bonchev–Trinajstić information content (AvgIpc) is 2.70. The first-order valence-corrected chi connectivity index (χ1v) is 6.88. The maximum absolute atomic E-state index is 12.1. The fourth-order valence-electron chi connectivity index (χ4n) is 2.35. The summed E-state index contributed by atoms with van der Waals surface area (Å²) in [6.07, 6.45) is 1.12. The molecule has 2 amide bonds. The summed E-state index contributed by atoms with van der Waals surface area (Å²) in [6, 6.07) is -0.519. The van der Waals surface area contributed by atoms with Crippen molar-refractivity contribution in [3.05, 3.63) is 0 Å². The Bertz CT molecular complexity index is 312. The van der Waals surface area contributed by atoms with Crippen molar-refractivity contribution in [2.24, 2.45) is 5.92 Å². The van der Waals surface area contributed by atoms with Crippen LogP contribution in [-0.4, -0.2) is 67.1 Å². The van der Waals surface area contributed by atoms with Gasteiger partial charge in [0.1, 0.15) is 6.04 Å². The molecule has 1 saturated heterocycles. The fraction of sp³-hybridized carbons (Fsp3) is 0.833. The molecule has 0 bridgehead atoms. The minimum atomic E-state index is -0.519. The Morgan fingerprint density at radius 3 is 2.67 bits per heavy atom. The van der Waals surface area contributed by atoms with E-state index >= 15 is 0 Å². The molecule has 1 fully saturated rings. The van der Waals surface area contributed by atoms with Crippen LogP contribution in [0.3, 0.4) is 0 Å².